The topological polar surface area (TPSA) is 84.4 Å². The Bertz CT molecular complexity index is 932. The normalized spacial score (nSPS) is 10.8. The van der Waals surface area contributed by atoms with Crippen molar-refractivity contribution in [3.8, 4) is 11.3 Å². The van der Waals surface area contributed by atoms with Crippen LogP contribution >= 0.6 is 12.4 Å². The highest BCUT2D eigenvalue weighted by molar-refractivity contribution is 6.06. The molecule has 0 bridgehead atoms. The van der Waals surface area contributed by atoms with Gasteiger partial charge in [0.25, 0.3) is 11.6 Å². The maximum absolute atomic E-state index is 13.0. The number of amides is 1. The number of fused-ring (bicyclic) bond motifs is 1. The summed E-state index contributed by atoms with van der Waals surface area (Å²) in [6.45, 7) is 6.88. The molecule has 8 heteroatoms. The van der Waals surface area contributed by atoms with Gasteiger partial charge in [-0.25, -0.2) is 4.98 Å². The van der Waals surface area contributed by atoms with Gasteiger partial charge in [-0.3, -0.25) is 4.79 Å². The molecule has 7 nitrogen and oxygen atoms in total. The lowest BCUT2D eigenvalue weighted by Crippen LogP contribution is -2.33. The van der Waals surface area contributed by atoms with E-state index in [9.17, 15) is 4.79 Å². The molecule has 0 saturated heterocycles. The van der Waals surface area contributed by atoms with Gasteiger partial charge in [0.15, 0.2) is 0 Å². The summed E-state index contributed by atoms with van der Waals surface area (Å²) in [5.41, 5.74) is 3.04. The number of aromatic nitrogens is 2. The fourth-order valence-electron chi connectivity index (χ4n) is 2.87. The second kappa shape index (κ2) is 7.88. The number of likely N-dealkylation sites (N-methyl/N-ethyl adjacent to an activating group) is 2. The van der Waals surface area contributed by atoms with Crippen LogP contribution in [0.25, 0.3) is 22.4 Å². The zero-order chi connectivity index (χ0) is 18.1. The number of nitrogens with zero attached hydrogens (tertiary/aromatic N) is 3. The van der Waals surface area contributed by atoms with E-state index in [2.05, 4.69) is 15.5 Å². The Morgan fingerprint density at radius 2 is 2.00 bits per heavy atom. The van der Waals surface area contributed by atoms with Crippen LogP contribution in [-0.2, 0) is 0 Å². The predicted octanol–water partition coefficient (Wildman–Crippen LogP) is 3.12. The Kier molecular flexibility index (Phi) is 6.05. The van der Waals surface area contributed by atoms with E-state index in [0.717, 1.165) is 17.1 Å². The van der Waals surface area contributed by atoms with E-state index in [1.807, 2.05) is 33.9 Å². The van der Waals surface area contributed by atoms with Crippen molar-refractivity contribution in [2.45, 2.75) is 20.8 Å². The van der Waals surface area contributed by atoms with Gasteiger partial charge in [0.2, 0.25) is 0 Å². The fourth-order valence-corrected chi connectivity index (χ4v) is 2.87. The zero-order valence-electron chi connectivity index (χ0n) is 15.5. The SMILES string of the molecule is CNCCN(C)C(=O)c1cc(-c2cc(C)oc2C)nc2onc(C)c12.Cl. The molecular formula is C18H23ClN4O3. The highest BCUT2D eigenvalue weighted by Gasteiger charge is 2.22. The molecule has 0 aliphatic rings. The van der Waals surface area contributed by atoms with Gasteiger partial charge in [-0.1, -0.05) is 5.16 Å². The molecule has 0 radical (unpaired) electrons. The molecule has 1 N–H and O–H groups in total. The van der Waals surface area contributed by atoms with E-state index >= 15 is 0 Å². The molecule has 0 fully saturated rings. The molecule has 3 aromatic heterocycles. The van der Waals surface area contributed by atoms with Crippen LogP contribution in [-0.4, -0.2) is 48.1 Å². The van der Waals surface area contributed by atoms with E-state index in [1.165, 1.54) is 0 Å². The number of pyridine rings is 1. The second-order valence-electron chi connectivity index (χ2n) is 6.16. The van der Waals surface area contributed by atoms with E-state index in [-0.39, 0.29) is 18.3 Å². The molecule has 0 aromatic carbocycles. The zero-order valence-corrected chi connectivity index (χ0v) is 16.4. The molecule has 3 aromatic rings. The highest BCUT2D eigenvalue weighted by atomic mass is 35.5. The summed E-state index contributed by atoms with van der Waals surface area (Å²) in [5, 5.41) is 7.68. The van der Waals surface area contributed by atoms with Crippen molar-refractivity contribution in [3.63, 3.8) is 0 Å². The Morgan fingerprint density at radius 3 is 2.62 bits per heavy atom. The summed E-state index contributed by atoms with van der Waals surface area (Å²) >= 11 is 0. The van der Waals surface area contributed by atoms with Gasteiger partial charge in [0, 0.05) is 25.7 Å². The molecular weight excluding hydrogens is 356 g/mol. The van der Waals surface area contributed by atoms with Gasteiger partial charge in [-0.15, -0.1) is 12.4 Å². The molecule has 3 heterocycles. The lowest BCUT2D eigenvalue weighted by molar-refractivity contribution is 0.0798. The molecule has 3 rings (SSSR count). The van der Waals surface area contributed by atoms with Gasteiger partial charge < -0.3 is 19.2 Å². The number of carbonyl (C=O) groups excluding carboxylic acids is 1. The van der Waals surface area contributed by atoms with Gasteiger partial charge in [0.1, 0.15) is 11.5 Å². The van der Waals surface area contributed by atoms with Crippen LogP contribution in [0.3, 0.4) is 0 Å². The number of aryl methyl sites for hydroxylation is 3. The summed E-state index contributed by atoms with van der Waals surface area (Å²) < 4.78 is 10.9. The summed E-state index contributed by atoms with van der Waals surface area (Å²) in [6.07, 6.45) is 0. The molecule has 0 saturated carbocycles. The van der Waals surface area contributed by atoms with Gasteiger partial charge >= 0.3 is 0 Å². The van der Waals surface area contributed by atoms with Crippen LogP contribution in [0.4, 0.5) is 0 Å². The lowest BCUT2D eigenvalue weighted by Gasteiger charge is -2.17. The lowest BCUT2D eigenvalue weighted by atomic mass is 10.0. The van der Waals surface area contributed by atoms with Crippen LogP contribution in [0.1, 0.15) is 27.6 Å². The Balaban J connectivity index is 0.00000243. The third-order valence-electron chi connectivity index (χ3n) is 4.21. The van der Waals surface area contributed by atoms with Crippen molar-refractivity contribution in [2.24, 2.45) is 0 Å². The van der Waals surface area contributed by atoms with Crippen LogP contribution in [0.5, 0.6) is 0 Å². The van der Waals surface area contributed by atoms with Gasteiger partial charge in [-0.05, 0) is 40.0 Å². The quantitative estimate of drug-likeness (QED) is 0.734. The first-order valence-electron chi connectivity index (χ1n) is 8.17. The van der Waals surface area contributed by atoms with Crippen molar-refractivity contribution in [1.82, 2.24) is 20.4 Å². The van der Waals surface area contributed by atoms with Crippen LogP contribution in [0.15, 0.2) is 21.1 Å². The van der Waals surface area contributed by atoms with Crippen LogP contribution in [0, 0.1) is 20.8 Å². The van der Waals surface area contributed by atoms with E-state index in [4.69, 9.17) is 8.94 Å². The monoisotopic (exact) mass is 378 g/mol. The number of hydrogen-bond acceptors (Lipinski definition) is 6. The summed E-state index contributed by atoms with van der Waals surface area (Å²) in [7, 11) is 3.64. The van der Waals surface area contributed by atoms with Crippen molar-refractivity contribution in [2.75, 3.05) is 27.2 Å². The Labute approximate surface area is 158 Å². The largest absolute Gasteiger partial charge is 0.466 e. The number of hydrogen-bond donors (Lipinski definition) is 1. The molecule has 1 amide bonds. The summed E-state index contributed by atoms with van der Waals surface area (Å²) in [4.78, 5) is 19.2. The molecule has 0 spiro atoms. The van der Waals surface area contributed by atoms with Crippen LogP contribution in [0.2, 0.25) is 0 Å². The molecule has 0 aliphatic heterocycles. The first-order chi connectivity index (χ1) is 11.9. The molecule has 0 aliphatic carbocycles. The van der Waals surface area contributed by atoms with E-state index < -0.39 is 0 Å². The number of rotatable bonds is 5. The van der Waals surface area contributed by atoms with Gasteiger partial charge in [-0.2, -0.15) is 0 Å². The Hall–Kier alpha value is -2.38. The maximum Gasteiger partial charge on any atom is 0.259 e. The summed E-state index contributed by atoms with van der Waals surface area (Å²) in [6, 6.07) is 3.70. The second-order valence-corrected chi connectivity index (χ2v) is 6.16. The third-order valence-corrected chi connectivity index (χ3v) is 4.21. The van der Waals surface area contributed by atoms with Gasteiger partial charge in [0.05, 0.1) is 22.3 Å². The minimum atomic E-state index is -0.0898. The Morgan fingerprint density at radius 1 is 1.27 bits per heavy atom. The number of halogens is 1. The molecule has 26 heavy (non-hydrogen) atoms. The first kappa shape index (κ1) is 19.9. The van der Waals surface area contributed by atoms with Crippen molar-refractivity contribution in [1.29, 1.82) is 0 Å². The smallest absolute Gasteiger partial charge is 0.259 e. The molecule has 140 valence electrons. The third kappa shape index (κ3) is 3.59. The van der Waals surface area contributed by atoms with E-state index in [1.54, 1.807) is 18.0 Å². The number of furan rings is 1. The maximum atomic E-state index is 13.0. The fraction of sp³-hybridized carbons (Fsp3) is 0.389. The van der Waals surface area contributed by atoms with E-state index in [0.29, 0.717) is 41.1 Å². The average molecular weight is 379 g/mol. The molecule has 0 atom stereocenters. The minimum Gasteiger partial charge on any atom is -0.466 e. The van der Waals surface area contributed by atoms with Crippen molar-refractivity contribution >= 4 is 29.4 Å². The summed E-state index contributed by atoms with van der Waals surface area (Å²) in [5.74, 6) is 1.46. The number of nitrogens with one attached hydrogen (secondary N) is 1. The average Bonchev–Trinajstić information content (AvgIpc) is 3.13. The predicted molar refractivity (Wildman–Crippen MR) is 102 cm³/mol. The molecule has 0 unspecified atom stereocenters. The van der Waals surface area contributed by atoms with Crippen LogP contribution < -0.4 is 5.32 Å². The standard InChI is InChI=1S/C18H22N4O3.ClH/c1-10-8-13(12(3)24-10)15-9-14(18(23)22(5)7-6-19-4)16-11(2)21-25-17(16)20-15;/h8-9,19H,6-7H2,1-5H3;1H. The first-order valence-corrected chi connectivity index (χ1v) is 8.17. The highest BCUT2D eigenvalue weighted by Crippen LogP contribution is 2.30. The number of carbonyl (C=O) groups is 1. The van der Waals surface area contributed by atoms with Crippen molar-refractivity contribution < 1.29 is 13.7 Å². The minimum absolute atomic E-state index is 0. The van der Waals surface area contributed by atoms with Crippen molar-refractivity contribution in [3.05, 3.63) is 34.9 Å².